The number of carbonyl (C=O) groups excluding carboxylic acids is 1. The molecule has 3 aliphatic rings. The normalized spacial score (nSPS) is 18.5. The van der Waals surface area contributed by atoms with Gasteiger partial charge in [-0.3, -0.25) is 19.3 Å². The SMILES string of the molecule is CCN1CN(C23C(=Cc4c2ccc(F)c4CP)Cc2ccccc23)n2ccc(=O)c(OCc3ccccc3)c2C1=O. The van der Waals surface area contributed by atoms with Crippen LogP contribution in [0.1, 0.15) is 50.8 Å². The van der Waals surface area contributed by atoms with Gasteiger partial charge in [0.05, 0.1) is 0 Å². The number of fused-ring (bicyclic) bond motifs is 6. The van der Waals surface area contributed by atoms with Crippen LogP contribution in [0.3, 0.4) is 0 Å². The van der Waals surface area contributed by atoms with Crippen molar-refractivity contribution < 1.29 is 13.9 Å². The van der Waals surface area contributed by atoms with E-state index in [0.717, 1.165) is 27.8 Å². The number of hydrogen-bond donors (Lipinski definition) is 0. The molecule has 1 aliphatic heterocycles. The molecule has 2 atom stereocenters. The highest BCUT2D eigenvalue weighted by Crippen LogP contribution is 2.56. The molecule has 0 saturated heterocycles. The highest BCUT2D eigenvalue weighted by molar-refractivity contribution is 7.15. The van der Waals surface area contributed by atoms with E-state index >= 15 is 4.39 Å². The number of rotatable bonds is 6. The minimum absolute atomic E-state index is 0.0284. The zero-order valence-electron chi connectivity index (χ0n) is 22.6. The lowest BCUT2D eigenvalue weighted by Gasteiger charge is -2.49. The summed E-state index contributed by atoms with van der Waals surface area (Å²) in [5.74, 6) is -0.468. The van der Waals surface area contributed by atoms with Gasteiger partial charge >= 0.3 is 0 Å². The number of aromatic nitrogens is 1. The number of carbonyl (C=O) groups is 1. The predicted octanol–water partition coefficient (Wildman–Crippen LogP) is 5.21. The molecule has 0 fully saturated rings. The molecule has 41 heavy (non-hydrogen) atoms. The molecular weight excluding hydrogens is 536 g/mol. The molecule has 206 valence electrons. The fourth-order valence-corrected chi connectivity index (χ4v) is 7.10. The Morgan fingerprint density at radius 3 is 2.54 bits per heavy atom. The van der Waals surface area contributed by atoms with Crippen molar-refractivity contribution in [2.45, 2.75) is 31.7 Å². The maximum absolute atomic E-state index is 15.0. The van der Waals surface area contributed by atoms with Crippen molar-refractivity contribution in [3.05, 3.63) is 140 Å². The summed E-state index contributed by atoms with van der Waals surface area (Å²) >= 11 is 0. The van der Waals surface area contributed by atoms with E-state index in [-0.39, 0.29) is 41.9 Å². The Labute approximate surface area is 239 Å². The predicted molar refractivity (Wildman–Crippen MR) is 160 cm³/mol. The molecule has 1 aromatic heterocycles. The van der Waals surface area contributed by atoms with Crippen LogP contribution < -0.4 is 15.2 Å². The molecule has 0 bridgehead atoms. The molecule has 1 amide bonds. The molecule has 2 aliphatic carbocycles. The molecule has 8 heteroatoms. The monoisotopic (exact) mass is 565 g/mol. The second-order valence-electron chi connectivity index (χ2n) is 10.6. The summed E-state index contributed by atoms with van der Waals surface area (Å²) in [5.41, 5.74) is 5.84. The van der Waals surface area contributed by atoms with Gasteiger partial charge in [0.1, 0.15) is 24.6 Å². The second kappa shape index (κ2) is 9.71. The van der Waals surface area contributed by atoms with E-state index < -0.39 is 5.54 Å². The molecule has 0 spiro atoms. The summed E-state index contributed by atoms with van der Waals surface area (Å²) in [6.07, 6.45) is 4.98. The van der Waals surface area contributed by atoms with E-state index in [4.69, 9.17) is 4.74 Å². The first-order valence-corrected chi connectivity index (χ1v) is 14.6. The lowest BCUT2D eigenvalue weighted by molar-refractivity contribution is 0.0675. The van der Waals surface area contributed by atoms with E-state index in [1.54, 1.807) is 21.8 Å². The van der Waals surface area contributed by atoms with Gasteiger partial charge in [-0.25, -0.2) is 4.39 Å². The van der Waals surface area contributed by atoms with Gasteiger partial charge in [-0.1, -0.05) is 66.7 Å². The van der Waals surface area contributed by atoms with Crippen molar-refractivity contribution in [1.82, 2.24) is 9.58 Å². The molecule has 2 heterocycles. The van der Waals surface area contributed by atoms with E-state index in [1.165, 1.54) is 11.6 Å². The van der Waals surface area contributed by atoms with Crippen LogP contribution in [0.15, 0.2) is 89.4 Å². The second-order valence-corrected chi connectivity index (χ2v) is 11.0. The van der Waals surface area contributed by atoms with Gasteiger partial charge in [0.15, 0.2) is 11.4 Å². The third-order valence-electron chi connectivity index (χ3n) is 8.55. The van der Waals surface area contributed by atoms with Gasteiger partial charge in [0.2, 0.25) is 5.43 Å². The molecule has 0 radical (unpaired) electrons. The van der Waals surface area contributed by atoms with Crippen LogP contribution in [-0.4, -0.2) is 28.7 Å². The minimum Gasteiger partial charge on any atom is -0.482 e. The number of benzene rings is 3. The van der Waals surface area contributed by atoms with E-state index in [1.807, 2.05) is 55.5 Å². The Kier molecular flexibility index (Phi) is 6.09. The van der Waals surface area contributed by atoms with Crippen molar-refractivity contribution in [1.29, 1.82) is 0 Å². The van der Waals surface area contributed by atoms with Crippen molar-refractivity contribution in [3.63, 3.8) is 0 Å². The van der Waals surface area contributed by atoms with Crippen LogP contribution in [0.4, 0.5) is 4.39 Å². The third kappa shape index (κ3) is 3.65. The van der Waals surface area contributed by atoms with Crippen LogP contribution in [0.2, 0.25) is 0 Å². The third-order valence-corrected chi connectivity index (χ3v) is 8.96. The number of amides is 1. The van der Waals surface area contributed by atoms with Crippen LogP contribution in [0.5, 0.6) is 5.75 Å². The summed E-state index contributed by atoms with van der Waals surface area (Å²) < 4.78 is 23.0. The fraction of sp³-hybridized carbons (Fsp3) is 0.212. The number of ether oxygens (including phenoxy) is 1. The van der Waals surface area contributed by atoms with Gasteiger partial charge < -0.3 is 9.64 Å². The van der Waals surface area contributed by atoms with Crippen LogP contribution in [0.25, 0.3) is 6.08 Å². The van der Waals surface area contributed by atoms with Crippen LogP contribution in [0, 0.1) is 5.82 Å². The van der Waals surface area contributed by atoms with Gasteiger partial charge in [0.25, 0.3) is 5.91 Å². The van der Waals surface area contributed by atoms with Gasteiger partial charge in [-0.05, 0) is 64.5 Å². The first-order valence-electron chi connectivity index (χ1n) is 13.8. The molecule has 6 nitrogen and oxygen atoms in total. The molecule has 0 saturated carbocycles. The van der Waals surface area contributed by atoms with Crippen LogP contribution >= 0.6 is 9.24 Å². The van der Waals surface area contributed by atoms with Gasteiger partial charge in [0, 0.05) is 18.8 Å². The Morgan fingerprint density at radius 1 is 0.976 bits per heavy atom. The van der Waals surface area contributed by atoms with E-state index in [2.05, 4.69) is 32.5 Å². The summed E-state index contributed by atoms with van der Waals surface area (Å²) in [6.45, 7) is 2.81. The molecule has 7 rings (SSSR count). The lowest BCUT2D eigenvalue weighted by atomic mass is 9.82. The summed E-state index contributed by atoms with van der Waals surface area (Å²) in [6, 6.07) is 22.8. The molecule has 0 N–H and O–H groups in total. The first kappa shape index (κ1) is 25.7. The maximum Gasteiger partial charge on any atom is 0.277 e. The van der Waals surface area contributed by atoms with Crippen molar-refractivity contribution in [2.75, 3.05) is 18.2 Å². The maximum atomic E-state index is 15.0. The number of pyridine rings is 1. The Balaban J connectivity index is 1.47. The topological polar surface area (TPSA) is 54.8 Å². The lowest BCUT2D eigenvalue weighted by Crippen LogP contribution is -2.62. The van der Waals surface area contributed by atoms with Crippen molar-refractivity contribution in [3.8, 4) is 5.75 Å². The summed E-state index contributed by atoms with van der Waals surface area (Å²) in [5, 5.41) is 2.15. The quantitative estimate of drug-likeness (QED) is 0.302. The van der Waals surface area contributed by atoms with Gasteiger partial charge in [-0.15, -0.1) is 9.24 Å². The Hall–Kier alpha value is -4.22. The number of halogens is 1. The minimum atomic E-state index is -0.789. The Morgan fingerprint density at radius 2 is 1.76 bits per heavy atom. The highest BCUT2D eigenvalue weighted by Gasteiger charge is 2.55. The smallest absolute Gasteiger partial charge is 0.277 e. The summed E-state index contributed by atoms with van der Waals surface area (Å²) in [7, 11) is 2.65. The fourth-order valence-electron chi connectivity index (χ4n) is 6.68. The number of hydrogen-bond acceptors (Lipinski definition) is 4. The number of nitrogens with zero attached hydrogens (tertiary/aromatic N) is 3. The standard InChI is InChI=1S/C33H29FN3O3P/c1-2-35-20-37(36-15-14-29(38)31(30(36)32(35)39)40-18-21-8-4-3-5-9-21)33-23(16-22-10-6-7-11-26(22)33)17-24-25(19-41)28(34)13-12-27(24)33/h3-15,17H,2,16,18-20,41H2,1H3. The van der Waals surface area contributed by atoms with Crippen LogP contribution in [-0.2, 0) is 24.7 Å². The van der Waals surface area contributed by atoms with E-state index in [0.29, 0.717) is 24.7 Å². The molecule has 4 aromatic rings. The molecule has 2 unspecified atom stereocenters. The molecular formula is C33H29FN3O3P. The van der Waals surface area contributed by atoms with Crippen molar-refractivity contribution in [2.24, 2.45) is 0 Å². The van der Waals surface area contributed by atoms with Crippen molar-refractivity contribution >= 4 is 21.2 Å². The average Bonchev–Trinajstić information content (AvgIpc) is 3.48. The summed E-state index contributed by atoms with van der Waals surface area (Å²) in [4.78, 5) is 28.9. The first-order chi connectivity index (χ1) is 20.0. The zero-order chi connectivity index (χ0) is 28.3. The largest absolute Gasteiger partial charge is 0.482 e. The zero-order valence-corrected chi connectivity index (χ0v) is 23.8. The highest BCUT2D eigenvalue weighted by atomic mass is 31.0. The van der Waals surface area contributed by atoms with Gasteiger partial charge in [-0.2, -0.15) is 0 Å². The molecule has 3 aromatic carbocycles. The Bertz CT molecular complexity index is 1800. The van der Waals surface area contributed by atoms with E-state index in [9.17, 15) is 9.59 Å². The average molecular weight is 566 g/mol.